The number of aliphatic carboxylic acids is 2. The Balaban J connectivity index is 2.51. The molecular formula is C13H21NO6. The Morgan fingerprint density at radius 1 is 1.15 bits per heavy atom. The van der Waals surface area contributed by atoms with Crippen LogP contribution in [-0.4, -0.2) is 59.3 Å². The molecule has 0 radical (unpaired) electrons. The fourth-order valence-corrected chi connectivity index (χ4v) is 2.29. The number of carbonyl (C=O) groups excluding carboxylic acids is 1. The number of piperidine rings is 1. The van der Waals surface area contributed by atoms with E-state index >= 15 is 0 Å². The molecule has 1 fully saturated rings. The molecule has 7 nitrogen and oxygen atoms in total. The maximum Gasteiger partial charge on any atom is 0.309 e. The number of hydrogen-bond donors (Lipinski definition) is 2. The number of carboxylic acid groups (broad SMARTS) is 2. The Kier molecular flexibility index (Phi) is 6.44. The summed E-state index contributed by atoms with van der Waals surface area (Å²) in [5.74, 6) is -4.43. The second kappa shape index (κ2) is 7.84. The first-order valence-electron chi connectivity index (χ1n) is 6.78. The topological polar surface area (TPSA) is 104 Å². The van der Waals surface area contributed by atoms with Gasteiger partial charge in [0.25, 0.3) is 0 Å². The smallest absolute Gasteiger partial charge is 0.309 e. The Bertz CT molecular complexity index is 370. The van der Waals surface area contributed by atoms with Crippen LogP contribution in [0.3, 0.4) is 0 Å². The molecule has 20 heavy (non-hydrogen) atoms. The molecule has 2 N–H and O–H groups in total. The first-order chi connectivity index (χ1) is 9.47. The number of carbonyl (C=O) groups is 3. The van der Waals surface area contributed by atoms with E-state index in [1.165, 1.54) is 4.90 Å². The molecule has 7 heteroatoms. The van der Waals surface area contributed by atoms with Gasteiger partial charge < -0.3 is 19.8 Å². The highest BCUT2D eigenvalue weighted by Gasteiger charge is 2.39. The van der Waals surface area contributed by atoms with Crippen molar-refractivity contribution >= 4 is 17.8 Å². The van der Waals surface area contributed by atoms with Gasteiger partial charge in [0.15, 0.2) is 0 Å². The van der Waals surface area contributed by atoms with Crippen LogP contribution in [0.25, 0.3) is 0 Å². The predicted octanol–water partition coefficient (Wildman–Crippen LogP) is 0.437. The fraction of sp³-hybridized carbons (Fsp3) is 0.769. The predicted molar refractivity (Wildman–Crippen MR) is 69.2 cm³/mol. The van der Waals surface area contributed by atoms with Crippen LogP contribution in [-0.2, 0) is 19.1 Å². The standard InChI is InChI=1S/C13H21NO6/c1-2-6-20-7-4-11(15)14-5-3-9(12(16)17)10(8-14)13(18)19/h9-10H,2-8H2,1H3,(H,16,17)(H,18,19). The minimum Gasteiger partial charge on any atom is -0.481 e. The minimum atomic E-state index is -1.17. The number of rotatable bonds is 7. The van der Waals surface area contributed by atoms with Crippen LogP contribution in [0.2, 0.25) is 0 Å². The number of carboxylic acids is 2. The zero-order valence-corrected chi connectivity index (χ0v) is 11.6. The van der Waals surface area contributed by atoms with E-state index in [1.54, 1.807) is 0 Å². The van der Waals surface area contributed by atoms with E-state index in [9.17, 15) is 14.4 Å². The van der Waals surface area contributed by atoms with E-state index in [1.807, 2.05) is 6.92 Å². The molecule has 1 saturated heterocycles. The molecule has 0 aliphatic carbocycles. The average Bonchev–Trinajstić information content (AvgIpc) is 2.42. The first kappa shape index (κ1) is 16.4. The van der Waals surface area contributed by atoms with Gasteiger partial charge in [-0.15, -0.1) is 0 Å². The second-order valence-corrected chi connectivity index (χ2v) is 4.88. The number of nitrogens with zero attached hydrogens (tertiary/aromatic N) is 1. The van der Waals surface area contributed by atoms with Crippen molar-refractivity contribution in [2.24, 2.45) is 11.8 Å². The normalized spacial score (nSPS) is 22.6. The maximum absolute atomic E-state index is 11.9. The highest BCUT2D eigenvalue weighted by Crippen LogP contribution is 2.24. The highest BCUT2D eigenvalue weighted by molar-refractivity contribution is 5.82. The first-order valence-corrected chi connectivity index (χ1v) is 6.78. The quantitative estimate of drug-likeness (QED) is 0.658. The van der Waals surface area contributed by atoms with Gasteiger partial charge in [-0.3, -0.25) is 14.4 Å². The number of amides is 1. The van der Waals surface area contributed by atoms with Crippen molar-refractivity contribution in [1.29, 1.82) is 0 Å². The van der Waals surface area contributed by atoms with Crippen molar-refractivity contribution in [3.8, 4) is 0 Å². The monoisotopic (exact) mass is 287 g/mol. The van der Waals surface area contributed by atoms with Gasteiger partial charge in [0.05, 0.1) is 24.9 Å². The lowest BCUT2D eigenvalue weighted by atomic mass is 9.85. The summed E-state index contributed by atoms with van der Waals surface area (Å²) in [5, 5.41) is 18.1. The van der Waals surface area contributed by atoms with Gasteiger partial charge in [-0.2, -0.15) is 0 Å². The SMILES string of the molecule is CCCOCCC(=O)N1CCC(C(=O)O)C(C(=O)O)C1. The van der Waals surface area contributed by atoms with Crippen LogP contribution >= 0.6 is 0 Å². The fourth-order valence-electron chi connectivity index (χ4n) is 2.29. The van der Waals surface area contributed by atoms with Crippen molar-refractivity contribution < 1.29 is 29.3 Å². The molecule has 0 aromatic heterocycles. The van der Waals surface area contributed by atoms with E-state index in [0.717, 1.165) is 6.42 Å². The van der Waals surface area contributed by atoms with E-state index < -0.39 is 23.8 Å². The van der Waals surface area contributed by atoms with Crippen LogP contribution in [0.5, 0.6) is 0 Å². The summed E-state index contributed by atoms with van der Waals surface area (Å²) >= 11 is 0. The second-order valence-electron chi connectivity index (χ2n) is 4.88. The van der Waals surface area contributed by atoms with E-state index in [-0.39, 0.29) is 31.8 Å². The van der Waals surface area contributed by atoms with Gasteiger partial charge in [0, 0.05) is 19.7 Å². The lowest BCUT2D eigenvalue weighted by Gasteiger charge is -2.34. The van der Waals surface area contributed by atoms with Crippen LogP contribution in [0.1, 0.15) is 26.2 Å². The molecule has 0 aromatic carbocycles. The van der Waals surface area contributed by atoms with E-state index in [0.29, 0.717) is 13.2 Å². The van der Waals surface area contributed by atoms with Gasteiger partial charge in [-0.1, -0.05) is 6.92 Å². The largest absolute Gasteiger partial charge is 0.481 e. The summed E-state index contributed by atoms with van der Waals surface area (Å²) in [6.45, 7) is 3.11. The van der Waals surface area contributed by atoms with E-state index in [2.05, 4.69) is 0 Å². The third-order valence-corrected chi connectivity index (χ3v) is 3.41. The average molecular weight is 287 g/mol. The molecule has 1 aliphatic heterocycles. The Morgan fingerprint density at radius 2 is 1.80 bits per heavy atom. The molecule has 2 atom stereocenters. The lowest BCUT2D eigenvalue weighted by molar-refractivity contribution is -0.159. The van der Waals surface area contributed by atoms with Crippen LogP contribution in [0, 0.1) is 11.8 Å². The van der Waals surface area contributed by atoms with Crippen molar-refractivity contribution in [3.05, 3.63) is 0 Å². The number of ether oxygens (including phenoxy) is 1. The van der Waals surface area contributed by atoms with Gasteiger partial charge in [0.2, 0.25) is 5.91 Å². The summed E-state index contributed by atoms with van der Waals surface area (Å²) in [6, 6.07) is 0. The molecule has 114 valence electrons. The Morgan fingerprint density at radius 3 is 2.35 bits per heavy atom. The van der Waals surface area contributed by atoms with Crippen molar-refractivity contribution in [2.75, 3.05) is 26.3 Å². The molecule has 0 aromatic rings. The molecule has 1 amide bonds. The zero-order valence-electron chi connectivity index (χ0n) is 11.6. The molecule has 2 unspecified atom stereocenters. The summed E-state index contributed by atoms with van der Waals surface area (Å²) in [4.78, 5) is 35.4. The van der Waals surface area contributed by atoms with Gasteiger partial charge >= 0.3 is 11.9 Å². The number of likely N-dealkylation sites (tertiary alicyclic amines) is 1. The Labute approximate surface area is 117 Å². The third kappa shape index (κ3) is 4.48. The lowest BCUT2D eigenvalue weighted by Crippen LogP contribution is -2.48. The molecule has 1 rings (SSSR count). The van der Waals surface area contributed by atoms with E-state index in [4.69, 9.17) is 14.9 Å². The summed E-state index contributed by atoms with van der Waals surface area (Å²) in [6.07, 6.45) is 1.25. The van der Waals surface area contributed by atoms with Crippen LogP contribution in [0.4, 0.5) is 0 Å². The molecule has 0 spiro atoms. The van der Waals surface area contributed by atoms with Crippen LogP contribution in [0.15, 0.2) is 0 Å². The Hall–Kier alpha value is -1.63. The van der Waals surface area contributed by atoms with Crippen molar-refractivity contribution in [2.45, 2.75) is 26.2 Å². The molecule has 1 heterocycles. The van der Waals surface area contributed by atoms with Gasteiger partial charge in [-0.05, 0) is 12.8 Å². The maximum atomic E-state index is 11.9. The van der Waals surface area contributed by atoms with Gasteiger partial charge in [-0.25, -0.2) is 0 Å². The molecule has 1 aliphatic rings. The molecule has 0 bridgehead atoms. The van der Waals surface area contributed by atoms with Crippen molar-refractivity contribution in [1.82, 2.24) is 4.90 Å². The summed E-state index contributed by atoms with van der Waals surface area (Å²) in [7, 11) is 0. The molecule has 0 saturated carbocycles. The minimum absolute atomic E-state index is 0.0427. The molecular weight excluding hydrogens is 266 g/mol. The number of hydrogen-bond acceptors (Lipinski definition) is 4. The van der Waals surface area contributed by atoms with Crippen LogP contribution < -0.4 is 0 Å². The zero-order chi connectivity index (χ0) is 15.1. The third-order valence-electron chi connectivity index (χ3n) is 3.41. The highest BCUT2D eigenvalue weighted by atomic mass is 16.5. The summed E-state index contributed by atoms with van der Waals surface area (Å²) in [5.41, 5.74) is 0. The van der Waals surface area contributed by atoms with Crippen molar-refractivity contribution in [3.63, 3.8) is 0 Å². The summed E-state index contributed by atoms with van der Waals surface area (Å²) < 4.78 is 5.22. The van der Waals surface area contributed by atoms with Gasteiger partial charge in [0.1, 0.15) is 0 Å².